The number of benzene rings is 1. The number of hydrogen-bond acceptors (Lipinski definition) is 6. The molecular formula is C23H30IN5O4. The average molecular weight is 567 g/mol. The van der Waals surface area contributed by atoms with Crippen LogP contribution in [0.1, 0.15) is 24.3 Å². The van der Waals surface area contributed by atoms with Crippen LogP contribution in [0.5, 0.6) is 11.5 Å². The van der Waals surface area contributed by atoms with Crippen LogP contribution in [0.25, 0.3) is 0 Å². The molecule has 2 aromatic heterocycles. The van der Waals surface area contributed by atoms with Crippen molar-refractivity contribution < 1.29 is 18.6 Å². The van der Waals surface area contributed by atoms with Gasteiger partial charge in [0.2, 0.25) is 0 Å². The second kappa shape index (κ2) is 13.1. The van der Waals surface area contributed by atoms with Gasteiger partial charge in [-0.3, -0.25) is 4.68 Å². The van der Waals surface area contributed by atoms with Crippen molar-refractivity contribution in [3.8, 4) is 11.5 Å². The third kappa shape index (κ3) is 7.67. The standard InChI is InChI=1S/C23H29N5O4.HI/c1-28-19(8-10-26-28)16-25-23(24-9-3-11-29-17-20-5-2-12-30-20)27-18-6-7-21-22(15-18)32-14-4-13-31-21;/h2,5-8,10,12,15H,3-4,9,11,13-14,16-17H2,1H3,(H2,24,25,27);1H. The average Bonchev–Trinajstić information content (AvgIpc) is 3.40. The number of nitrogens with zero attached hydrogens (tertiary/aromatic N) is 3. The molecule has 33 heavy (non-hydrogen) atoms. The second-order valence-electron chi connectivity index (χ2n) is 7.36. The molecule has 1 aromatic carbocycles. The Morgan fingerprint density at radius 1 is 1.18 bits per heavy atom. The van der Waals surface area contributed by atoms with Crippen molar-refractivity contribution in [3.63, 3.8) is 0 Å². The molecule has 178 valence electrons. The fourth-order valence-electron chi connectivity index (χ4n) is 3.18. The molecule has 0 saturated heterocycles. The number of aromatic nitrogens is 2. The van der Waals surface area contributed by atoms with Crippen LogP contribution in [-0.2, 0) is 24.9 Å². The third-order valence-electron chi connectivity index (χ3n) is 4.91. The zero-order valence-corrected chi connectivity index (χ0v) is 21.0. The molecule has 4 rings (SSSR count). The summed E-state index contributed by atoms with van der Waals surface area (Å²) in [5.74, 6) is 3.01. The minimum atomic E-state index is 0. The highest BCUT2D eigenvalue weighted by Gasteiger charge is 2.11. The summed E-state index contributed by atoms with van der Waals surface area (Å²) in [6.07, 6.45) is 5.12. The molecule has 9 nitrogen and oxygen atoms in total. The summed E-state index contributed by atoms with van der Waals surface area (Å²) in [7, 11) is 1.91. The Balaban J connectivity index is 0.00000306. The third-order valence-corrected chi connectivity index (χ3v) is 4.91. The van der Waals surface area contributed by atoms with Crippen LogP contribution in [0.4, 0.5) is 5.69 Å². The second-order valence-corrected chi connectivity index (χ2v) is 7.36. The zero-order valence-electron chi connectivity index (χ0n) is 18.7. The number of halogens is 1. The van der Waals surface area contributed by atoms with Crippen molar-refractivity contribution in [2.45, 2.75) is 26.0 Å². The van der Waals surface area contributed by atoms with E-state index in [1.165, 1.54) is 0 Å². The minimum Gasteiger partial charge on any atom is -0.490 e. The van der Waals surface area contributed by atoms with Crippen LogP contribution < -0.4 is 20.1 Å². The molecule has 10 heteroatoms. The van der Waals surface area contributed by atoms with Crippen LogP contribution in [-0.4, -0.2) is 42.1 Å². The van der Waals surface area contributed by atoms with Crippen molar-refractivity contribution in [3.05, 3.63) is 60.3 Å². The predicted molar refractivity (Wildman–Crippen MR) is 136 cm³/mol. The number of furan rings is 1. The normalized spacial score (nSPS) is 13.2. The Kier molecular flexibility index (Phi) is 9.88. The molecule has 0 aliphatic carbocycles. The van der Waals surface area contributed by atoms with Crippen molar-refractivity contribution in [1.29, 1.82) is 0 Å². The molecular weight excluding hydrogens is 537 g/mol. The highest BCUT2D eigenvalue weighted by atomic mass is 127. The SMILES string of the molecule is Cn1nccc1CN=C(NCCCOCc1ccco1)Nc1ccc2c(c1)OCCCO2.I. The van der Waals surface area contributed by atoms with E-state index in [4.69, 9.17) is 23.6 Å². The molecule has 0 spiro atoms. The molecule has 1 aliphatic heterocycles. The molecule has 0 unspecified atom stereocenters. The lowest BCUT2D eigenvalue weighted by Crippen LogP contribution is -2.32. The summed E-state index contributed by atoms with van der Waals surface area (Å²) in [6, 6.07) is 11.5. The minimum absolute atomic E-state index is 0. The van der Waals surface area contributed by atoms with E-state index >= 15 is 0 Å². The van der Waals surface area contributed by atoms with Crippen molar-refractivity contribution in [2.24, 2.45) is 12.0 Å². The first-order chi connectivity index (χ1) is 15.8. The van der Waals surface area contributed by atoms with E-state index in [-0.39, 0.29) is 24.0 Å². The van der Waals surface area contributed by atoms with Gasteiger partial charge in [-0.2, -0.15) is 5.10 Å². The number of ether oxygens (including phenoxy) is 3. The predicted octanol–water partition coefficient (Wildman–Crippen LogP) is 3.96. The lowest BCUT2D eigenvalue weighted by molar-refractivity contribution is 0.105. The summed E-state index contributed by atoms with van der Waals surface area (Å²) in [4.78, 5) is 4.72. The van der Waals surface area contributed by atoms with E-state index in [2.05, 4.69) is 15.7 Å². The van der Waals surface area contributed by atoms with Gasteiger partial charge in [0, 0.05) is 44.6 Å². The summed E-state index contributed by atoms with van der Waals surface area (Å²) in [5, 5.41) is 10.9. The maximum atomic E-state index is 5.80. The van der Waals surface area contributed by atoms with E-state index in [1.807, 2.05) is 48.1 Å². The number of hydrogen-bond donors (Lipinski definition) is 2. The van der Waals surface area contributed by atoms with Gasteiger partial charge >= 0.3 is 0 Å². The van der Waals surface area contributed by atoms with E-state index < -0.39 is 0 Å². The summed E-state index contributed by atoms with van der Waals surface area (Å²) in [5.41, 5.74) is 1.89. The lowest BCUT2D eigenvalue weighted by Gasteiger charge is -2.15. The van der Waals surface area contributed by atoms with Crippen molar-refractivity contribution >= 4 is 35.6 Å². The Hall–Kier alpha value is -2.73. The Morgan fingerprint density at radius 2 is 2.06 bits per heavy atom. The maximum absolute atomic E-state index is 5.80. The first kappa shape index (κ1) is 24.9. The van der Waals surface area contributed by atoms with Gasteiger partial charge in [0.25, 0.3) is 0 Å². The quantitative estimate of drug-likeness (QED) is 0.175. The molecule has 0 amide bonds. The van der Waals surface area contributed by atoms with E-state index in [0.29, 0.717) is 45.5 Å². The number of aryl methyl sites for hydroxylation is 1. The molecule has 0 saturated carbocycles. The van der Waals surface area contributed by atoms with Gasteiger partial charge in [0.15, 0.2) is 17.5 Å². The number of aliphatic imine (C=N–C) groups is 1. The summed E-state index contributed by atoms with van der Waals surface area (Å²) < 4.78 is 24.3. The monoisotopic (exact) mass is 567 g/mol. The van der Waals surface area contributed by atoms with Crippen LogP contribution in [0.3, 0.4) is 0 Å². The van der Waals surface area contributed by atoms with Crippen LogP contribution in [0.2, 0.25) is 0 Å². The Bertz CT molecular complexity index is 1010. The van der Waals surface area contributed by atoms with Crippen LogP contribution in [0.15, 0.2) is 58.3 Å². The molecule has 3 aromatic rings. The molecule has 3 heterocycles. The fraction of sp³-hybridized carbons (Fsp3) is 0.391. The fourth-order valence-corrected chi connectivity index (χ4v) is 3.18. The topological polar surface area (TPSA) is 95.1 Å². The van der Waals surface area contributed by atoms with E-state index in [9.17, 15) is 0 Å². The Morgan fingerprint density at radius 3 is 2.85 bits per heavy atom. The highest BCUT2D eigenvalue weighted by molar-refractivity contribution is 14.0. The van der Waals surface area contributed by atoms with Gasteiger partial charge in [-0.15, -0.1) is 24.0 Å². The number of nitrogens with one attached hydrogen (secondary N) is 2. The van der Waals surface area contributed by atoms with Gasteiger partial charge in [-0.05, 0) is 36.8 Å². The van der Waals surface area contributed by atoms with E-state index in [1.54, 1.807) is 12.5 Å². The van der Waals surface area contributed by atoms with Gasteiger partial charge < -0.3 is 29.3 Å². The molecule has 2 N–H and O–H groups in total. The largest absolute Gasteiger partial charge is 0.490 e. The number of guanidine groups is 1. The zero-order chi connectivity index (χ0) is 22.0. The van der Waals surface area contributed by atoms with Crippen LogP contribution in [0, 0.1) is 0 Å². The first-order valence-electron chi connectivity index (χ1n) is 10.8. The molecule has 0 fully saturated rings. The smallest absolute Gasteiger partial charge is 0.196 e. The van der Waals surface area contributed by atoms with Crippen LogP contribution >= 0.6 is 24.0 Å². The highest BCUT2D eigenvalue weighted by Crippen LogP contribution is 2.32. The molecule has 0 atom stereocenters. The van der Waals surface area contributed by atoms with E-state index in [0.717, 1.165) is 41.5 Å². The van der Waals surface area contributed by atoms with Crippen molar-refractivity contribution in [2.75, 3.05) is 31.7 Å². The van der Waals surface area contributed by atoms with Crippen molar-refractivity contribution in [1.82, 2.24) is 15.1 Å². The van der Waals surface area contributed by atoms with Gasteiger partial charge in [-0.25, -0.2) is 4.99 Å². The first-order valence-corrected chi connectivity index (χ1v) is 10.8. The molecule has 0 bridgehead atoms. The molecule has 1 aliphatic rings. The number of anilines is 1. The number of rotatable bonds is 9. The van der Waals surface area contributed by atoms with Gasteiger partial charge in [-0.1, -0.05) is 0 Å². The van der Waals surface area contributed by atoms with Gasteiger partial charge in [0.05, 0.1) is 31.7 Å². The summed E-state index contributed by atoms with van der Waals surface area (Å²) >= 11 is 0. The Labute approximate surface area is 210 Å². The number of fused-ring (bicyclic) bond motifs is 1. The lowest BCUT2D eigenvalue weighted by atomic mass is 10.2. The summed E-state index contributed by atoms with van der Waals surface area (Å²) in [6.45, 7) is 3.62. The maximum Gasteiger partial charge on any atom is 0.196 e. The van der Waals surface area contributed by atoms with Gasteiger partial charge in [0.1, 0.15) is 12.4 Å². The molecule has 0 radical (unpaired) electrons.